The van der Waals surface area contributed by atoms with Crippen molar-refractivity contribution in [2.75, 3.05) is 0 Å². The first-order chi connectivity index (χ1) is 9.20. The first kappa shape index (κ1) is 13.4. The number of rotatable bonds is 6. The molecule has 0 aliphatic rings. The number of hydrogen-bond acceptors (Lipinski definition) is 3. The zero-order valence-electron chi connectivity index (χ0n) is 10.8. The highest BCUT2D eigenvalue weighted by molar-refractivity contribution is 5.89. The summed E-state index contributed by atoms with van der Waals surface area (Å²) in [5.74, 6) is 0.927. The standard InChI is InChI=1S/C15H17NO3/c1-2-12-7-8-13(19-12)10-16-9-11-5-3-4-6-14(11)15(17)18/h3-8,16H,2,9-10H2,1H3,(H,17,18). The lowest BCUT2D eigenvalue weighted by atomic mass is 10.1. The van der Waals surface area contributed by atoms with Gasteiger partial charge in [0.1, 0.15) is 11.5 Å². The molecule has 4 heteroatoms. The van der Waals surface area contributed by atoms with E-state index < -0.39 is 5.97 Å². The molecule has 1 heterocycles. The molecule has 4 nitrogen and oxygen atoms in total. The number of nitrogens with one attached hydrogen (secondary N) is 1. The molecule has 2 aromatic rings. The van der Waals surface area contributed by atoms with E-state index in [1.807, 2.05) is 31.2 Å². The van der Waals surface area contributed by atoms with Crippen LogP contribution >= 0.6 is 0 Å². The monoisotopic (exact) mass is 259 g/mol. The predicted molar refractivity (Wildman–Crippen MR) is 72.0 cm³/mol. The van der Waals surface area contributed by atoms with Crippen LogP contribution in [0.15, 0.2) is 40.8 Å². The molecular formula is C15H17NO3. The lowest BCUT2D eigenvalue weighted by molar-refractivity contribution is 0.0695. The van der Waals surface area contributed by atoms with E-state index in [0.29, 0.717) is 18.7 Å². The number of carboxylic acids is 1. The summed E-state index contributed by atoms with van der Waals surface area (Å²) >= 11 is 0. The fraction of sp³-hybridized carbons (Fsp3) is 0.267. The van der Waals surface area contributed by atoms with Gasteiger partial charge in [0, 0.05) is 13.0 Å². The molecule has 2 N–H and O–H groups in total. The topological polar surface area (TPSA) is 62.5 Å². The highest BCUT2D eigenvalue weighted by Gasteiger charge is 2.08. The van der Waals surface area contributed by atoms with E-state index in [4.69, 9.17) is 9.52 Å². The number of furan rings is 1. The smallest absolute Gasteiger partial charge is 0.336 e. The number of hydrogen-bond donors (Lipinski definition) is 2. The first-order valence-corrected chi connectivity index (χ1v) is 6.30. The second-order valence-electron chi connectivity index (χ2n) is 4.29. The molecule has 2 rings (SSSR count). The van der Waals surface area contributed by atoms with Gasteiger partial charge in [0.05, 0.1) is 12.1 Å². The van der Waals surface area contributed by atoms with Crippen molar-refractivity contribution in [2.24, 2.45) is 0 Å². The minimum absolute atomic E-state index is 0.337. The van der Waals surface area contributed by atoms with Crippen LogP contribution in [0.25, 0.3) is 0 Å². The quantitative estimate of drug-likeness (QED) is 0.837. The van der Waals surface area contributed by atoms with Gasteiger partial charge >= 0.3 is 5.97 Å². The SMILES string of the molecule is CCc1ccc(CNCc2ccccc2C(=O)O)o1. The maximum absolute atomic E-state index is 11.1. The van der Waals surface area contributed by atoms with Crippen molar-refractivity contribution in [2.45, 2.75) is 26.4 Å². The van der Waals surface area contributed by atoms with Gasteiger partial charge in [0.15, 0.2) is 0 Å². The Morgan fingerprint density at radius 1 is 1.16 bits per heavy atom. The lowest BCUT2D eigenvalue weighted by Gasteiger charge is -2.06. The van der Waals surface area contributed by atoms with Crippen molar-refractivity contribution in [1.82, 2.24) is 5.32 Å². The Bertz CT molecular complexity index is 560. The summed E-state index contributed by atoms with van der Waals surface area (Å²) in [6.07, 6.45) is 0.877. The number of aryl methyl sites for hydroxylation is 1. The van der Waals surface area contributed by atoms with Gasteiger partial charge in [-0.05, 0) is 23.8 Å². The maximum atomic E-state index is 11.1. The number of carbonyl (C=O) groups is 1. The molecule has 100 valence electrons. The van der Waals surface area contributed by atoms with Crippen LogP contribution < -0.4 is 5.32 Å². The molecule has 1 aromatic heterocycles. The molecule has 0 saturated carbocycles. The van der Waals surface area contributed by atoms with Crippen molar-refractivity contribution in [3.05, 3.63) is 59.0 Å². The normalized spacial score (nSPS) is 10.6. The average Bonchev–Trinajstić information content (AvgIpc) is 2.87. The van der Waals surface area contributed by atoms with E-state index in [2.05, 4.69) is 5.32 Å². The summed E-state index contributed by atoms with van der Waals surface area (Å²) in [7, 11) is 0. The molecule has 0 unspecified atom stereocenters. The van der Waals surface area contributed by atoms with Crippen LogP contribution in [0, 0.1) is 0 Å². The maximum Gasteiger partial charge on any atom is 0.336 e. The van der Waals surface area contributed by atoms with Crippen molar-refractivity contribution in [1.29, 1.82) is 0 Å². The van der Waals surface area contributed by atoms with E-state index >= 15 is 0 Å². The Balaban J connectivity index is 1.94. The summed E-state index contributed by atoms with van der Waals surface area (Å²) < 4.78 is 5.57. The summed E-state index contributed by atoms with van der Waals surface area (Å²) in [4.78, 5) is 11.1. The summed E-state index contributed by atoms with van der Waals surface area (Å²) in [5.41, 5.74) is 1.11. The number of carboxylic acid groups (broad SMARTS) is 1. The largest absolute Gasteiger partial charge is 0.478 e. The van der Waals surface area contributed by atoms with Crippen LogP contribution in [0.1, 0.15) is 34.4 Å². The van der Waals surface area contributed by atoms with Crippen LogP contribution in [-0.2, 0) is 19.5 Å². The van der Waals surface area contributed by atoms with Crippen LogP contribution in [0.2, 0.25) is 0 Å². The van der Waals surface area contributed by atoms with Crippen LogP contribution in [0.4, 0.5) is 0 Å². The summed E-state index contributed by atoms with van der Waals surface area (Å²) in [6, 6.07) is 10.9. The molecule has 19 heavy (non-hydrogen) atoms. The second kappa shape index (κ2) is 6.20. The zero-order chi connectivity index (χ0) is 13.7. The number of benzene rings is 1. The van der Waals surface area contributed by atoms with E-state index in [9.17, 15) is 4.79 Å². The van der Waals surface area contributed by atoms with E-state index in [1.54, 1.807) is 12.1 Å². The molecule has 0 saturated heterocycles. The van der Waals surface area contributed by atoms with Crippen molar-refractivity contribution >= 4 is 5.97 Å². The molecule has 0 fully saturated rings. The van der Waals surface area contributed by atoms with Crippen LogP contribution in [0.3, 0.4) is 0 Å². The van der Waals surface area contributed by atoms with Crippen molar-refractivity contribution < 1.29 is 14.3 Å². The Hall–Kier alpha value is -2.07. The van der Waals surface area contributed by atoms with E-state index in [1.165, 1.54) is 0 Å². The highest BCUT2D eigenvalue weighted by Crippen LogP contribution is 2.10. The first-order valence-electron chi connectivity index (χ1n) is 6.30. The van der Waals surface area contributed by atoms with Gasteiger partial charge in [-0.2, -0.15) is 0 Å². The highest BCUT2D eigenvalue weighted by atomic mass is 16.4. The zero-order valence-corrected chi connectivity index (χ0v) is 10.8. The summed E-state index contributed by atoms with van der Waals surface area (Å²) in [5, 5.41) is 12.3. The van der Waals surface area contributed by atoms with Crippen LogP contribution in [-0.4, -0.2) is 11.1 Å². The van der Waals surface area contributed by atoms with Gasteiger partial charge in [0.25, 0.3) is 0 Å². The van der Waals surface area contributed by atoms with Gasteiger partial charge in [-0.3, -0.25) is 0 Å². The minimum atomic E-state index is -0.899. The Morgan fingerprint density at radius 2 is 1.89 bits per heavy atom. The van der Waals surface area contributed by atoms with Gasteiger partial charge in [0.2, 0.25) is 0 Å². The van der Waals surface area contributed by atoms with E-state index in [-0.39, 0.29) is 0 Å². The van der Waals surface area contributed by atoms with Crippen LogP contribution in [0.5, 0.6) is 0 Å². The fourth-order valence-electron chi connectivity index (χ4n) is 1.91. The van der Waals surface area contributed by atoms with E-state index in [0.717, 1.165) is 23.5 Å². The molecule has 0 atom stereocenters. The summed E-state index contributed by atoms with van der Waals surface area (Å²) in [6.45, 7) is 3.14. The Labute approximate surface area is 112 Å². The predicted octanol–water partition coefficient (Wildman–Crippen LogP) is 2.83. The van der Waals surface area contributed by atoms with Crippen molar-refractivity contribution in [3.63, 3.8) is 0 Å². The molecule has 0 amide bonds. The molecule has 0 spiro atoms. The fourth-order valence-corrected chi connectivity index (χ4v) is 1.91. The second-order valence-corrected chi connectivity index (χ2v) is 4.29. The molecule has 0 aliphatic heterocycles. The number of aromatic carboxylic acids is 1. The molecule has 0 radical (unpaired) electrons. The molecule has 1 aromatic carbocycles. The third-order valence-corrected chi connectivity index (χ3v) is 2.93. The van der Waals surface area contributed by atoms with Crippen molar-refractivity contribution in [3.8, 4) is 0 Å². The van der Waals surface area contributed by atoms with Gasteiger partial charge in [-0.15, -0.1) is 0 Å². The Kier molecular flexibility index (Phi) is 4.36. The molecule has 0 bridgehead atoms. The third kappa shape index (κ3) is 3.45. The van der Waals surface area contributed by atoms with Gasteiger partial charge in [-0.1, -0.05) is 25.1 Å². The average molecular weight is 259 g/mol. The Morgan fingerprint density at radius 3 is 2.58 bits per heavy atom. The minimum Gasteiger partial charge on any atom is -0.478 e. The third-order valence-electron chi connectivity index (χ3n) is 2.93. The van der Waals surface area contributed by atoms with Gasteiger partial charge in [-0.25, -0.2) is 4.79 Å². The molecule has 0 aliphatic carbocycles. The molecular weight excluding hydrogens is 242 g/mol. The van der Waals surface area contributed by atoms with Gasteiger partial charge < -0.3 is 14.8 Å². The lowest BCUT2D eigenvalue weighted by Crippen LogP contribution is -2.15.